The molecular formula is C43H27NS. The molecule has 0 aliphatic heterocycles. The Morgan fingerprint density at radius 3 is 1.60 bits per heavy atom. The van der Waals surface area contributed by atoms with Gasteiger partial charge in [-0.25, -0.2) is 0 Å². The second kappa shape index (κ2) is 9.28. The zero-order valence-electron chi connectivity index (χ0n) is 24.4. The standard InChI is InChI=1S/C43H27NS/c1-5-13-37-31(9-1)32-10-2-6-14-38(32)43(37)39-15-7-3-11-33(39)34-23-19-28(25-40(34)43)27-17-20-29(21-18-27)44-30-22-24-36-35-12-4-8-16-41(35)45-42(36)26-30/h1-26,44H. The number of nitrogens with one attached hydrogen (secondary N) is 1. The lowest BCUT2D eigenvalue weighted by Gasteiger charge is -2.30. The van der Waals surface area contributed by atoms with Gasteiger partial charge in [0.15, 0.2) is 0 Å². The van der Waals surface area contributed by atoms with Crippen LogP contribution >= 0.6 is 11.3 Å². The Kier molecular flexibility index (Phi) is 5.14. The number of hydrogen-bond acceptors (Lipinski definition) is 2. The van der Waals surface area contributed by atoms with Crippen molar-refractivity contribution in [1.29, 1.82) is 0 Å². The predicted octanol–water partition coefficient (Wildman–Crippen LogP) is 11.8. The maximum Gasteiger partial charge on any atom is 0.0725 e. The van der Waals surface area contributed by atoms with E-state index in [0.29, 0.717) is 0 Å². The largest absolute Gasteiger partial charge is 0.355 e. The number of rotatable bonds is 3. The molecule has 10 rings (SSSR count). The Hall–Kier alpha value is -5.44. The molecule has 0 atom stereocenters. The second-order valence-electron chi connectivity index (χ2n) is 12.2. The quantitative estimate of drug-likeness (QED) is 0.216. The summed E-state index contributed by atoms with van der Waals surface area (Å²) in [5.74, 6) is 0. The SMILES string of the molecule is c1ccc2c(c1)-c1ccccc1C21c2ccccc2-c2ccc(-c3ccc(Nc4ccc5c(c4)sc4ccccc45)cc3)cc21. The number of anilines is 2. The van der Waals surface area contributed by atoms with E-state index in [-0.39, 0.29) is 5.41 Å². The van der Waals surface area contributed by atoms with Gasteiger partial charge in [0.25, 0.3) is 0 Å². The average molecular weight is 590 g/mol. The van der Waals surface area contributed by atoms with E-state index < -0.39 is 0 Å². The van der Waals surface area contributed by atoms with Crippen LogP contribution in [0.5, 0.6) is 0 Å². The van der Waals surface area contributed by atoms with Crippen molar-refractivity contribution >= 4 is 42.9 Å². The summed E-state index contributed by atoms with van der Waals surface area (Å²) in [4.78, 5) is 0. The minimum atomic E-state index is -0.318. The van der Waals surface area contributed by atoms with Crippen LogP contribution < -0.4 is 5.32 Å². The molecule has 0 bridgehead atoms. The van der Waals surface area contributed by atoms with Crippen molar-refractivity contribution in [3.8, 4) is 33.4 Å². The zero-order chi connectivity index (χ0) is 29.5. The van der Waals surface area contributed by atoms with E-state index in [1.54, 1.807) is 0 Å². The van der Waals surface area contributed by atoms with Gasteiger partial charge in [-0.15, -0.1) is 11.3 Å². The minimum absolute atomic E-state index is 0.318. The maximum absolute atomic E-state index is 3.64. The van der Waals surface area contributed by atoms with Crippen LogP contribution in [-0.2, 0) is 5.41 Å². The first-order valence-corrected chi connectivity index (χ1v) is 16.3. The van der Waals surface area contributed by atoms with Crippen LogP contribution in [0, 0.1) is 0 Å². The topological polar surface area (TPSA) is 12.0 Å². The van der Waals surface area contributed by atoms with E-state index in [9.17, 15) is 0 Å². The molecule has 2 heteroatoms. The van der Waals surface area contributed by atoms with E-state index in [1.807, 2.05) is 11.3 Å². The Labute approximate surface area is 266 Å². The molecular weight excluding hydrogens is 563 g/mol. The number of hydrogen-bond donors (Lipinski definition) is 1. The van der Waals surface area contributed by atoms with Crippen molar-refractivity contribution in [2.75, 3.05) is 5.32 Å². The van der Waals surface area contributed by atoms with Crippen LogP contribution in [-0.4, -0.2) is 0 Å². The van der Waals surface area contributed by atoms with Gasteiger partial charge in [-0.3, -0.25) is 0 Å². The smallest absolute Gasteiger partial charge is 0.0725 e. The fraction of sp³-hybridized carbons (Fsp3) is 0.0233. The fourth-order valence-corrected chi connectivity index (χ4v) is 9.14. The fourth-order valence-electron chi connectivity index (χ4n) is 7.99. The third-order valence-corrected chi connectivity index (χ3v) is 11.0. The van der Waals surface area contributed by atoms with Gasteiger partial charge in [-0.1, -0.05) is 121 Å². The van der Waals surface area contributed by atoms with Gasteiger partial charge in [0.1, 0.15) is 0 Å². The molecule has 1 N–H and O–H groups in total. The summed E-state index contributed by atoms with van der Waals surface area (Å²) in [6, 6.07) is 58.3. The lowest BCUT2D eigenvalue weighted by molar-refractivity contribution is 0.794. The highest BCUT2D eigenvalue weighted by molar-refractivity contribution is 7.25. The second-order valence-corrected chi connectivity index (χ2v) is 13.2. The Morgan fingerprint density at radius 1 is 0.378 bits per heavy atom. The summed E-state index contributed by atoms with van der Waals surface area (Å²) in [6.07, 6.45) is 0. The van der Waals surface area contributed by atoms with Gasteiger partial charge in [0.2, 0.25) is 0 Å². The molecule has 0 fully saturated rings. The summed E-state index contributed by atoms with van der Waals surface area (Å²) >= 11 is 1.85. The Bertz CT molecular complexity index is 2400. The van der Waals surface area contributed by atoms with Crippen molar-refractivity contribution in [2.24, 2.45) is 0 Å². The molecule has 0 saturated carbocycles. The Balaban J connectivity index is 1.06. The molecule has 0 saturated heterocycles. The highest BCUT2D eigenvalue weighted by Gasteiger charge is 2.51. The van der Waals surface area contributed by atoms with E-state index in [0.717, 1.165) is 11.4 Å². The van der Waals surface area contributed by atoms with Crippen molar-refractivity contribution in [3.63, 3.8) is 0 Å². The highest BCUT2D eigenvalue weighted by atomic mass is 32.1. The molecule has 1 aromatic heterocycles. The zero-order valence-corrected chi connectivity index (χ0v) is 25.2. The summed E-state index contributed by atoms with van der Waals surface area (Å²) in [7, 11) is 0. The molecule has 7 aromatic carbocycles. The molecule has 2 aliphatic carbocycles. The molecule has 45 heavy (non-hydrogen) atoms. The molecule has 0 unspecified atom stereocenters. The van der Waals surface area contributed by atoms with E-state index in [4.69, 9.17) is 0 Å². The van der Waals surface area contributed by atoms with Gasteiger partial charge in [-0.05, 0) is 92.0 Å². The van der Waals surface area contributed by atoms with Gasteiger partial charge >= 0.3 is 0 Å². The number of thiophene rings is 1. The first kappa shape index (κ1) is 24.9. The van der Waals surface area contributed by atoms with Gasteiger partial charge < -0.3 is 5.32 Å². The van der Waals surface area contributed by atoms with Crippen LogP contribution in [0.3, 0.4) is 0 Å². The highest BCUT2D eigenvalue weighted by Crippen LogP contribution is 2.63. The molecule has 2 aliphatic rings. The van der Waals surface area contributed by atoms with E-state index in [1.165, 1.54) is 75.8 Å². The maximum atomic E-state index is 3.64. The van der Waals surface area contributed by atoms with Crippen molar-refractivity contribution in [1.82, 2.24) is 0 Å². The van der Waals surface area contributed by atoms with Crippen molar-refractivity contribution in [3.05, 3.63) is 180 Å². The summed E-state index contributed by atoms with van der Waals surface area (Å²) in [5, 5.41) is 6.29. The molecule has 8 aromatic rings. The lowest BCUT2D eigenvalue weighted by atomic mass is 9.70. The van der Waals surface area contributed by atoms with Crippen LogP contribution in [0.25, 0.3) is 53.6 Å². The van der Waals surface area contributed by atoms with Crippen molar-refractivity contribution < 1.29 is 0 Å². The molecule has 1 nitrogen and oxygen atoms in total. The Morgan fingerprint density at radius 2 is 0.911 bits per heavy atom. The van der Waals surface area contributed by atoms with E-state index >= 15 is 0 Å². The van der Waals surface area contributed by atoms with E-state index in [2.05, 4.69) is 163 Å². The van der Waals surface area contributed by atoms with Gasteiger partial charge in [0.05, 0.1) is 5.41 Å². The third-order valence-electron chi connectivity index (χ3n) is 9.88. The monoisotopic (exact) mass is 589 g/mol. The summed E-state index contributed by atoms with van der Waals surface area (Å²) < 4.78 is 2.64. The molecule has 0 radical (unpaired) electrons. The molecule has 1 heterocycles. The third kappa shape index (κ3) is 3.43. The van der Waals surface area contributed by atoms with Crippen LogP contribution in [0.2, 0.25) is 0 Å². The summed E-state index contributed by atoms with van der Waals surface area (Å²) in [6.45, 7) is 0. The molecule has 210 valence electrons. The van der Waals surface area contributed by atoms with Gasteiger partial charge in [-0.2, -0.15) is 0 Å². The average Bonchev–Trinajstić information content (AvgIpc) is 3.72. The van der Waals surface area contributed by atoms with Crippen LogP contribution in [0.4, 0.5) is 11.4 Å². The lowest BCUT2D eigenvalue weighted by Crippen LogP contribution is -2.25. The summed E-state index contributed by atoms with van der Waals surface area (Å²) in [5.41, 5.74) is 15.2. The molecule has 1 spiro atoms. The minimum Gasteiger partial charge on any atom is -0.355 e. The van der Waals surface area contributed by atoms with Gasteiger partial charge in [0, 0.05) is 31.5 Å². The van der Waals surface area contributed by atoms with Crippen LogP contribution in [0.15, 0.2) is 158 Å². The number of fused-ring (bicyclic) bond motifs is 13. The number of benzene rings is 7. The molecule has 0 amide bonds. The van der Waals surface area contributed by atoms with Crippen molar-refractivity contribution in [2.45, 2.75) is 5.41 Å². The van der Waals surface area contributed by atoms with Crippen LogP contribution in [0.1, 0.15) is 22.3 Å². The first-order chi connectivity index (χ1) is 22.3. The predicted molar refractivity (Wildman–Crippen MR) is 191 cm³/mol. The first-order valence-electron chi connectivity index (χ1n) is 15.5. The normalized spacial score (nSPS) is 13.5.